The highest BCUT2D eigenvalue weighted by Gasteiger charge is 2.22. The molecule has 0 saturated heterocycles. The van der Waals surface area contributed by atoms with Gasteiger partial charge in [-0.3, -0.25) is 4.18 Å². The van der Waals surface area contributed by atoms with Gasteiger partial charge in [-0.25, -0.2) is 8.78 Å². The molecule has 13 heteroatoms. The molecule has 0 aliphatic carbocycles. The minimum atomic E-state index is -3.71. The zero-order valence-electron chi connectivity index (χ0n) is 21.8. The van der Waals surface area contributed by atoms with E-state index in [0.717, 1.165) is 6.26 Å². The van der Waals surface area contributed by atoms with Crippen LogP contribution >= 0.6 is 0 Å². The third kappa shape index (κ3) is 8.73. The number of aliphatic hydroxyl groups is 1. The van der Waals surface area contributed by atoms with E-state index in [2.05, 4.69) is 4.18 Å². The lowest BCUT2D eigenvalue weighted by Crippen LogP contribution is -2.08. The lowest BCUT2D eigenvalue weighted by atomic mass is 10.1. The Kier molecular flexibility index (Phi) is 13.3. The van der Waals surface area contributed by atoms with Crippen molar-refractivity contribution in [2.75, 3.05) is 32.7 Å². The quantitative estimate of drug-likeness (QED) is 0.381. The summed E-state index contributed by atoms with van der Waals surface area (Å²) < 4.78 is 75.6. The summed E-state index contributed by atoms with van der Waals surface area (Å²) in [6.07, 6.45) is 0.868. The molecule has 0 radical (unpaired) electrons. The Morgan fingerprint density at radius 3 is 1.53 bits per heavy atom. The Morgan fingerprint density at radius 1 is 0.789 bits per heavy atom. The van der Waals surface area contributed by atoms with Gasteiger partial charge in [-0.05, 0) is 39.8 Å². The molecule has 0 spiro atoms. The van der Waals surface area contributed by atoms with Gasteiger partial charge in [0.2, 0.25) is 0 Å². The first-order valence-corrected chi connectivity index (χ1v) is 13.3. The number of rotatable bonds is 12. The summed E-state index contributed by atoms with van der Waals surface area (Å²) in [5, 5.41) is 27.0. The smallest absolute Gasteiger partial charge is 0.264 e. The molecule has 0 amide bonds. The van der Waals surface area contributed by atoms with E-state index in [-0.39, 0.29) is 65.1 Å². The van der Waals surface area contributed by atoms with Crippen molar-refractivity contribution in [3.8, 4) is 35.1 Å². The first-order chi connectivity index (χ1) is 18.0. The van der Waals surface area contributed by atoms with E-state index in [0.29, 0.717) is 6.61 Å². The minimum Gasteiger partial charge on any atom is -0.490 e. The van der Waals surface area contributed by atoms with E-state index in [9.17, 15) is 17.2 Å². The molecule has 2 aromatic carbocycles. The van der Waals surface area contributed by atoms with Gasteiger partial charge in [0.1, 0.15) is 12.1 Å². The number of hydrogen-bond acceptors (Lipinski definition) is 10. The van der Waals surface area contributed by atoms with Gasteiger partial charge in [0.25, 0.3) is 10.1 Å². The molecule has 0 bridgehead atoms. The fraction of sp³-hybridized carbons (Fsp3) is 0.440. The van der Waals surface area contributed by atoms with Crippen LogP contribution in [-0.4, -0.2) is 46.2 Å². The molecule has 0 saturated carbocycles. The van der Waals surface area contributed by atoms with Crippen LogP contribution in [0.4, 0.5) is 8.78 Å². The van der Waals surface area contributed by atoms with Crippen LogP contribution in [0.3, 0.4) is 0 Å². The van der Waals surface area contributed by atoms with Crippen molar-refractivity contribution in [1.29, 1.82) is 10.5 Å². The van der Waals surface area contributed by atoms with Crippen LogP contribution in [0.5, 0.6) is 23.0 Å². The van der Waals surface area contributed by atoms with Gasteiger partial charge in [-0.1, -0.05) is 0 Å². The molecule has 0 atom stereocenters. The Morgan fingerprint density at radius 2 is 1.18 bits per heavy atom. The molecule has 0 unspecified atom stereocenters. The molecule has 10 nitrogen and oxygen atoms in total. The second kappa shape index (κ2) is 15.6. The van der Waals surface area contributed by atoms with E-state index in [1.807, 2.05) is 0 Å². The van der Waals surface area contributed by atoms with Gasteiger partial charge < -0.3 is 24.1 Å². The van der Waals surface area contributed by atoms with Crippen molar-refractivity contribution < 1.29 is 45.4 Å². The maximum absolute atomic E-state index is 14.3. The Bertz CT molecular complexity index is 1290. The van der Waals surface area contributed by atoms with Gasteiger partial charge in [-0.15, -0.1) is 0 Å². The maximum Gasteiger partial charge on any atom is 0.264 e. The average Bonchev–Trinajstić information content (AvgIpc) is 2.87. The number of nitriles is 2. The summed E-state index contributed by atoms with van der Waals surface area (Å²) in [5.74, 6) is -1.62. The van der Waals surface area contributed by atoms with Gasteiger partial charge in [-0.2, -0.15) is 18.9 Å². The average molecular weight is 557 g/mol. The van der Waals surface area contributed by atoms with E-state index in [4.69, 9.17) is 34.6 Å². The standard InChI is InChI=1S/C13H16FNO5S.C12H14FNO3/c1-4-18-11-6-9(8-20-21(3,16)17)10(7-15)12(14)13(11)19-5-2;1-3-16-10-5-8(7-15)9(6-14)11(13)12(10)17-4-2/h6H,4-5,8H2,1-3H3;5,15H,3-4,7H2,1-2H3. The highest BCUT2D eigenvalue weighted by molar-refractivity contribution is 7.85. The van der Waals surface area contributed by atoms with Gasteiger partial charge in [0.05, 0.1) is 57.0 Å². The van der Waals surface area contributed by atoms with Crippen LogP contribution in [0.2, 0.25) is 0 Å². The fourth-order valence-corrected chi connectivity index (χ4v) is 3.39. The summed E-state index contributed by atoms with van der Waals surface area (Å²) in [4.78, 5) is 0. The topological polar surface area (TPSA) is 148 Å². The number of nitrogens with zero attached hydrogens (tertiary/aromatic N) is 2. The van der Waals surface area contributed by atoms with Gasteiger partial charge >= 0.3 is 0 Å². The van der Waals surface area contributed by atoms with Crippen molar-refractivity contribution >= 4 is 10.1 Å². The lowest BCUT2D eigenvalue weighted by Gasteiger charge is -2.15. The van der Waals surface area contributed by atoms with E-state index < -0.39 is 35.0 Å². The molecule has 0 heterocycles. The van der Waals surface area contributed by atoms with Crippen molar-refractivity contribution in [1.82, 2.24) is 0 Å². The maximum atomic E-state index is 14.3. The zero-order valence-corrected chi connectivity index (χ0v) is 22.6. The monoisotopic (exact) mass is 556 g/mol. The molecule has 38 heavy (non-hydrogen) atoms. The van der Waals surface area contributed by atoms with Gasteiger partial charge in [0.15, 0.2) is 34.6 Å². The van der Waals surface area contributed by atoms with Gasteiger partial charge in [0, 0.05) is 11.1 Å². The Hall–Kier alpha value is -3.65. The van der Waals surface area contributed by atoms with Crippen molar-refractivity contribution in [2.45, 2.75) is 40.9 Å². The summed E-state index contributed by atoms with van der Waals surface area (Å²) in [6, 6.07) is 6.17. The Balaban J connectivity index is 0.000000389. The molecule has 1 N–H and O–H groups in total. The van der Waals surface area contributed by atoms with Crippen LogP contribution in [-0.2, 0) is 27.5 Å². The summed E-state index contributed by atoms with van der Waals surface area (Å²) in [6.45, 7) is 7.03. The number of halogens is 2. The molecule has 2 rings (SSSR count). The normalized spacial score (nSPS) is 10.5. The molecular formula is C25H30F2N2O8S. The molecule has 2 aromatic rings. The first kappa shape index (κ1) is 32.4. The van der Waals surface area contributed by atoms with E-state index >= 15 is 0 Å². The second-order valence-corrected chi connectivity index (χ2v) is 8.83. The van der Waals surface area contributed by atoms with Crippen LogP contribution < -0.4 is 18.9 Å². The van der Waals surface area contributed by atoms with Crippen LogP contribution in [0.25, 0.3) is 0 Å². The predicted molar refractivity (Wildman–Crippen MR) is 132 cm³/mol. The van der Waals surface area contributed by atoms with Crippen molar-refractivity contribution in [3.05, 3.63) is 46.0 Å². The number of aliphatic hydroxyl groups excluding tert-OH is 1. The largest absolute Gasteiger partial charge is 0.490 e. The van der Waals surface area contributed by atoms with Crippen molar-refractivity contribution in [3.63, 3.8) is 0 Å². The van der Waals surface area contributed by atoms with E-state index in [1.54, 1.807) is 39.8 Å². The number of ether oxygens (including phenoxy) is 4. The fourth-order valence-electron chi connectivity index (χ4n) is 3.05. The summed E-state index contributed by atoms with van der Waals surface area (Å²) in [5.41, 5.74) is -0.269. The summed E-state index contributed by atoms with van der Waals surface area (Å²) in [7, 11) is -3.71. The van der Waals surface area contributed by atoms with Crippen molar-refractivity contribution in [2.24, 2.45) is 0 Å². The molecule has 0 fully saturated rings. The molecule has 0 aliphatic heterocycles. The molecular weight excluding hydrogens is 526 g/mol. The highest BCUT2D eigenvalue weighted by atomic mass is 32.2. The third-order valence-electron chi connectivity index (χ3n) is 4.54. The minimum absolute atomic E-state index is 0.0762. The van der Waals surface area contributed by atoms with E-state index in [1.165, 1.54) is 12.1 Å². The highest BCUT2D eigenvalue weighted by Crippen LogP contribution is 2.36. The van der Waals surface area contributed by atoms with Crippen LogP contribution in [0, 0.1) is 34.3 Å². The second-order valence-electron chi connectivity index (χ2n) is 7.18. The molecule has 0 aromatic heterocycles. The third-order valence-corrected chi connectivity index (χ3v) is 5.08. The Labute approximate surface area is 221 Å². The predicted octanol–water partition coefficient (Wildman–Crippen LogP) is 3.96. The van der Waals surface area contributed by atoms with Crippen LogP contribution in [0.1, 0.15) is 49.9 Å². The zero-order chi connectivity index (χ0) is 28.9. The lowest BCUT2D eigenvalue weighted by molar-refractivity contribution is 0.265. The van der Waals surface area contributed by atoms with Crippen LogP contribution in [0.15, 0.2) is 12.1 Å². The molecule has 0 aliphatic rings. The summed E-state index contributed by atoms with van der Waals surface area (Å²) >= 11 is 0. The number of hydrogen-bond donors (Lipinski definition) is 1. The SMILES string of the molecule is CCOc1cc(CO)c(C#N)c(F)c1OCC.CCOc1cc(COS(C)(=O)=O)c(C#N)c(F)c1OCC. The molecule has 208 valence electrons. The number of benzene rings is 2. The first-order valence-electron chi connectivity index (χ1n) is 11.5.